The Morgan fingerprint density at radius 2 is 1.57 bits per heavy atom. The Kier molecular flexibility index (Phi) is 6.18. The first-order valence-electron chi connectivity index (χ1n) is 7.56. The number of aliphatic carboxylic acids is 1. The first kappa shape index (κ1) is 17.5. The van der Waals surface area contributed by atoms with Crippen LogP contribution >= 0.6 is 0 Å². The minimum atomic E-state index is -0.963. The number of piperidine rings is 1. The predicted molar refractivity (Wildman–Crippen MR) is 78.5 cm³/mol. The molecule has 0 aromatic heterocycles. The lowest BCUT2D eigenvalue weighted by Gasteiger charge is -2.34. The molecule has 21 heavy (non-hydrogen) atoms. The number of hydrogen-bond acceptors (Lipinski definition) is 3. The van der Waals surface area contributed by atoms with Crippen LogP contribution in [0.25, 0.3) is 0 Å². The van der Waals surface area contributed by atoms with Gasteiger partial charge in [0.05, 0.1) is 5.92 Å². The average molecular weight is 298 g/mol. The van der Waals surface area contributed by atoms with Crippen molar-refractivity contribution in [3.63, 3.8) is 0 Å². The third-order valence-electron chi connectivity index (χ3n) is 4.20. The molecule has 1 saturated heterocycles. The smallest absolute Gasteiger partial charge is 0.307 e. The lowest BCUT2D eigenvalue weighted by molar-refractivity contribution is -0.146. The highest BCUT2D eigenvalue weighted by molar-refractivity contribution is 5.84. The minimum Gasteiger partial charge on any atom is -0.481 e. The standard InChI is InChI=1S/C15H26N2O4/c1-9(2)14(19)17-7-5-12(6-8-17)16-13(18)10(3)11(4)15(20)21/h9-12H,5-8H2,1-4H3,(H,16,18)(H,20,21). The maximum atomic E-state index is 12.0. The highest BCUT2D eigenvalue weighted by atomic mass is 16.4. The van der Waals surface area contributed by atoms with Crippen molar-refractivity contribution in [1.29, 1.82) is 0 Å². The van der Waals surface area contributed by atoms with Crippen LogP contribution in [0.15, 0.2) is 0 Å². The van der Waals surface area contributed by atoms with Gasteiger partial charge in [0.25, 0.3) is 0 Å². The van der Waals surface area contributed by atoms with E-state index >= 15 is 0 Å². The fourth-order valence-electron chi connectivity index (χ4n) is 2.38. The zero-order valence-corrected chi connectivity index (χ0v) is 13.3. The molecule has 2 amide bonds. The van der Waals surface area contributed by atoms with Crippen molar-refractivity contribution >= 4 is 17.8 Å². The molecule has 0 saturated carbocycles. The van der Waals surface area contributed by atoms with Crippen LogP contribution in [0.1, 0.15) is 40.5 Å². The molecule has 0 radical (unpaired) electrons. The van der Waals surface area contributed by atoms with Crippen LogP contribution in [0, 0.1) is 17.8 Å². The Morgan fingerprint density at radius 3 is 2.00 bits per heavy atom. The molecular formula is C15H26N2O4. The van der Waals surface area contributed by atoms with Crippen LogP contribution in [0.2, 0.25) is 0 Å². The summed E-state index contributed by atoms with van der Waals surface area (Å²) in [5.74, 6) is -2.31. The quantitative estimate of drug-likeness (QED) is 0.796. The molecule has 1 aliphatic rings. The van der Waals surface area contributed by atoms with Gasteiger partial charge in [0.1, 0.15) is 0 Å². The number of carbonyl (C=O) groups excluding carboxylic acids is 2. The Hall–Kier alpha value is -1.59. The third kappa shape index (κ3) is 4.72. The molecule has 1 rings (SSSR count). The van der Waals surface area contributed by atoms with E-state index in [9.17, 15) is 14.4 Å². The Morgan fingerprint density at radius 1 is 1.05 bits per heavy atom. The molecule has 2 atom stereocenters. The summed E-state index contributed by atoms with van der Waals surface area (Å²) in [6.07, 6.45) is 1.44. The van der Waals surface area contributed by atoms with E-state index in [-0.39, 0.29) is 23.8 Å². The van der Waals surface area contributed by atoms with E-state index in [1.54, 1.807) is 6.92 Å². The number of likely N-dealkylation sites (tertiary alicyclic amines) is 1. The summed E-state index contributed by atoms with van der Waals surface area (Å²) in [4.78, 5) is 36.6. The second-order valence-corrected chi connectivity index (χ2v) is 6.18. The maximum absolute atomic E-state index is 12.0. The number of carboxylic acids is 1. The van der Waals surface area contributed by atoms with Crippen LogP contribution in [-0.2, 0) is 14.4 Å². The van der Waals surface area contributed by atoms with E-state index in [4.69, 9.17) is 5.11 Å². The van der Waals surface area contributed by atoms with Crippen molar-refractivity contribution < 1.29 is 19.5 Å². The fourth-order valence-corrected chi connectivity index (χ4v) is 2.38. The third-order valence-corrected chi connectivity index (χ3v) is 4.20. The minimum absolute atomic E-state index is 0.00687. The number of nitrogens with zero attached hydrogens (tertiary/aromatic N) is 1. The van der Waals surface area contributed by atoms with Crippen LogP contribution in [0.5, 0.6) is 0 Å². The molecule has 120 valence electrons. The monoisotopic (exact) mass is 298 g/mol. The van der Waals surface area contributed by atoms with Crippen molar-refractivity contribution in [2.45, 2.75) is 46.6 Å². The van der Waals surface area contributed by atoms with Gasteiger partial charge >= 0.3 is 5.97 Å². The van der Waals surface area contributed by atoms with Gasteiger partial charge in [-0.2, -0.15) is 0 Å². The van der Waals surface area contributed by atoms with Gasteiger partial charge in [0.2, 0.25) is 11.8 Å². The molecule has 0 spiro atoms. The summed E-state index contributed by atoms with van der Waals surface area (Å²) in [6, 6.07) is 0.0251. The second-order valence-electron chi connectivity index (χ2n) is 6.18. The van der Waals surface area contributed by atoms with Gasteiger partial charge in [-0.25, -0.2) is 0 Å². The number of nitrogens with one attached hydrogen (secondary N) is 1. The molecule has 1 heterocycles. The van der Waals surface area contributed by atoms with E-state index in [1.807, 2.05) is 18.7 Å². The second kappa shape index (κ2) is 7.43. The molecule has 1 aliphatic heterocycles. The molecule has 0 aromatic carbocycles. The topological polar surface area (TPSA) is 86.7 Å². The normalized spacial score (nSPS) is 19.2. The summed E-state index contributed by atoms with van der Waals surface area (Å²) in [7, 11) is 0. The van der Waals surface area contributed by atoms with Gasteiger partial charge in [-0.3, -0.25) is 14.4 Å². The zero-order valence-electron chi connectivity index (χ0n) is 13.3. The first-order valence-corrected chi connectivity index (χ1v) is 7.56. The maximum Gasteiger partial charge on any atom is 0.307 e. The Bertz CT molecular complexity index is 400. The van der Waals surface area contributed by atoms with E-state index in [0.29, 0.717) is 13.1 Å². The van der Waals surface area contributed by atoms with Gasteiger partial charge in [0, 0.05) is 31.0 Å². The lowest BCUT2D eigenvalue weighted by Crippen LogP contribution is -2.49. The molecular weight excluding hydrogens is 272 g/mol. The van der Waals surface area contributed by atoms with Gasteiger partial charge < -0.3 is 15.3 Å². The SMILES string of the molecule is CC(C)C(=O)N1CCC(NC(=O)C(C)C(C)C(=O)O)CC1. The van der Waals surface area contributed by atoms with Crippen molar-refractivity contribution in [2.24, 2.45) is 17.8 Å². The summed E-state index contributed by atoms with van der Waals surface area (Å²) >= 11 is 0. The summed E-state index contributed by atoms with van der Waals surface area (Å²) in [6.45, 7) is 8.22. The molecule has 1 fully saturated rings. The number of carboxylic acid groups (broad SMARTS) is 1. The van der Waals surface area contributed by atoms with Gasteiger partial charge in [-0.1, -0.05) is 27.7 Å². The fraction of sp³-hybridized carbons (Fsp3) is 0.800. The highest BCUT2D eigenvalue weighted by Crippen LogP contribution is 2.16. The van der Waals surface area contributed by atoms with Gasteiger partial charge in [-0.05, 0) is 12.8 Å². The summed E-state index contributed by atoms with van der Waals surface area (Å²) < 4.78 is 0. The Balaban J connectivity index is 2.44. The number of rotatable bonds is 5. The van der Waals surface area contributed by atoms with E-state index < -0.39 is 17.8 Å². The van der Waals surface area contributed by atoms with Crippen molar-refractivity contribution in [3.05, 3.63) is 0 Å². The zero-order chi connectivity index (χ0) is 16.2. The van der Waals surface area contributed by atoms with Crippen molar-refractivity contribution in [2.75, 3.05) is 13.1 Å². The van der Waals surface area contributed by atoms with E-state index in [1.165, 1.54) is 6.92 Å². The molecule has 0 bridgehead atoms. The molecule has 0 aromatic rings. The van der Waals surface area contributed by atoms with E-state index in [2.05, 4.69) is 5.32 Å². The van der Waals surface area contributed by atoms with Crippen LogP contribution in [0.4, 0.5) is 0 Å². The van der Waals surface area contributed by atoms with Crippen LogP contribution in [0.3, 0.4) is 0 Å². The number of amides is 2. The highest BCUT2D eigenvalue weighted by Gasteiger charge is 2.29. The van der Waals surface area contributed by atoms with Crippen molar-refractivity contribution in [3.8, 4) is 0 Å². The number of hydrogen-bond donors (Lipinski definition) is 2. The predicted octanol–water partition coefficient (Wildman–Crippen LogP) is 1.11. The molecule has 6 nitrogen and oxygen atoms in total. The van der Waals surface area contributed by atoms with Gasteiger partial charge in [-0.15, -0.1) is 0 Å². The van der Waals surface area contributed by atoms with Crippen LogP contribution < -0.4 is 5.32 Å². The van der Waals surface area contributed by atoms with Crippen molar-refractivity contribution in [1.82, 2.24) is 10.2 Å². The van der Waals surface area contributed by atoms with Gasteiger partial charge in [0.15, 0.2) is 0 Å². The average Bonchev–Trinajstić information content (AvgIpc) is 2.45. The molecule has 2 unspecified atom stereocenters. The Labute approximate surface area is 125 Å². The first-order chi connectivity index (χ1) is 9.73. The van der Waals surface area contributed by atoms with Crippen LogP contribution in [-0.4, -0.2) is 46.9 Å². The summed E-state index contributed by atoms with van der Waals surface area (Å²) in [5.41, 5.74) is 0. The molecule has 0 aliphatic carbocycles. The largest absolute Gasteiger partial charge is 0.481 e. The summed E-state index contributed by atoms with van der Waals surface area (Å²) in [5, 5.41) is 11.8. The molecule has 6 heteroatoms. The van der Waals surface area contributed by atoms with E-state index in [0.717, 1.165) is 12.8 Å². The molecule has 2 N–H and O–H groups in total. The lowest BCUT2D eigenvalue weighted by atomic mass is 9.94. The number of carbonyl (C=O) groups is 3.